The first-order valence-corrected chi connectivity index (χ1v) is 6.73. The van der Waals surface area contributed by atoms with Crippen molar-refractivity contribution in [3.63, 3.8) is 0 Å². The van der Waals surface area contributed by atoms with Gasteiger partial charge in [-0.1, -0.05) is 48.0 Å². The Balaban J connectivity index is 4.79. The van der Waals surface area contributed by atoms with Crippen molar-refractivity contribution in [1.29, 1.82) is 0 Å². The lowest BCUT2D eigenvalue weighted by Crippen LogP contribution is -2.51. The Morgan fingerprint density at radius 1 is 1.12 bits per heavy atom. The van der Waals surface area contributed by atoms with Crippen LogP contribution in [0.3, 0.4) is 0 Å². The van der Waals surface area contributed by atoms with Crippen LogP contribution in [-0.4, -0.2) is 25.3 Å². The van der Waals surface area contributed by atoms with Crippen LogP contribution >= 0.6 is 0 Å². The molecule has 1 N–H and O–H groups in total. The number of hydrogen-bond acceptors (Lipinski definition) is 2. The molecule has 0 aromatic rings. The molecule has 98 valence electrons. The van der Waals surface area contributed by atoms with Crippen LogP contribution in [0.5, 0.6) is 0 Å². The lowest BCUT2D eigenvalue weighted by Gasteiger charge is -2.40. The number of likely N-dealkylation sites (N-methyl/N-ethyl adjacent to an activating group) is 1. The monoisotopic (exact) mass is 229 g/mol. The predicted molar refractivity (Wildman–Crippen MR) is 71.8 cm³/mol. The van der Waals surface area contributed by atoms with Crippen molar-refractivity contribution in [2.24, 2.45) is 11.3 Å². The van der Waals surface area contributed by atoms with Crippen LogP contribution in [0.2, 0.25) is 0 Å². The Bertz CT molecular complexity index is 174. The van der Waals surface area contributed by atoms with E-state index >= 15 is 0 Å². The first-order chi connectivity index (χ1) is 7.38. The number of ether oxygens (including phenoxy) is 1. The average molecular weight is 229 g/mol. The Morgan fingerprint density at radius 3 is 2.00 bits per heavy atom. The summed E-state index contributed by atoms with van der Waals surface area (Å²) in [5.74, 6) is 0.649. The van der Waals surface area contributed by atoms with Crippen LogP contribution < -0.4 is 5.32 Å². The van der Waals surface area contributed by atoms with Crippen LogP contribution in [0.25, 0.3) is 0 Å². The first-order valence-electron chi connectivity index (χ1n) is 6.73. The molecule has 3 unspecified atom stereocenters. The molecule has 2 heteroatoms. The molecule has 0 radical (unpaired) electrons. The minimum Gasteiger partial charge on any atom is -0.376 e. The fourth-order valence-electron chi connectivity index (χ4n) is 2.17. The van der Waals surface area contributed by atoms with E-state index in [1.165, 1.54) is 6.42 Å². The average Bonchev–Trinajstić information content (AvgIpc) is 2.20. The van der Waals surface area contributed by atoms with E-state index < -0.39 is 0 Å². The van der Waals surface area contributed by atoms with E-state index in [1.807, 2.05) is 0 Å². The molecule has 0 aromatic carbocycles. The zero-order valence-electron chi connectivity index (χ0n) is 12.3. The molecule has 16 heavy (non-hydrogen) atoms. The van der Waals surface area contributed by atoms with Gasteiger partial charge in [0, 0.05) is 12.6 Å². The Kier molecular flexibility index (Phi) is 7.25. The topological polar surface area (TPSA) is 21.3 Å². The fourth-order valence-corrected chi connectivity index (χ4v) is 2.17. The lowest BCUT2D eigenvalue weighted by atomic mass is 9.79. The van der Waals surface area contributed by atoms with Crippen molar-refractivity contribution in [2.75, 3.05) is 13.2 Å². The van der Waals surface area contributed by atoms with Gasteiger partial charge < -0.3 is 10.1 Å². The van der Waals surface area contributed by atoms with Gasteiger partial charge in [-0.3, -0.25) is 0 Å². The van der Waals surface area contributed by atoms with Gasteiger partial charge >= 0.3 is 0 Å². The van der Waals surface area contributed by atoms with Gasteiger partial charge in [0.2, 0.25) is 0 Å². The standard InChI is InChI=1S/C14H31NO/c1-8-11(4)12(15-9-2)13(16-10-3)14(5,6)7/h11-13,15H,8-10H2,1-7H3. The lowest BCUT2D eigenvalue weighted by molar-refractivity contribution is -0.0472. The summed E-state index contributed by atoms with van der Waals surface area (Å²) >= 11 is 0. The van der Waals surface area contributed by atoms with Gasteiger partial charge in [0.15, 0.2) is 0 Å². The third kappa shape index (κ3) is 4.84. The number of nitrogens with one attached hydrogen (secondary N) is 1. The van der Waals surface area contributed by atoms with Gasteiger partial charge in [-0.05, 0) is 24.8 Å². The van der Waals surface area contributed by atoms with Gasteiger partial charge in [-0.25, -0.2) is 0 Å². The third-order valence-electron chi connectivity index (χ3n) is 3.22. The molecule has 0 aromatic heterocycles. The van der Waals surface area contributed by atoms with Gasteiger partial charge in [-0.2, -0.15) is 0 Å². The largest absolute Gasteiger partial charge is 0.376 e. The van der Waals surface area contributed by atoms with Crippen LogP contribution in [0.4, 0.5) is 0 Å². The maximum atomic E-state index is 5.98. The van der Waals surface area contributed by atoms with E-state index in [0.29, 0.717) is 12.0 Å². The van der Waals surface area contributed by atoms with Crippen molar-refractivity contribution < 1.29 is 4.74 Å². The molecule has 0 saturated heterocycles. The number of hydrogen-bond donors (Lipinski definition) is 1. The van der Waals surface area contributed by atoms with Crippen LogP contribution in [0.1, 0.15) is 54.9 Å². The zero-order chi connectivity index (χ0) is 12.8. The molecule has 0 aliphatic carbocycles. The van der Waals surface area contributed by atoms with Crippen molar-refractivity contribution >= 4 is 0 Å². The predicted octanol–water partition coefficient (Wildman–Crippen LogP) is 3.46. The summed E-state index contributed by atoms with van der Waals surface area (Å²) in [5, 5.41) is 3.60. The minimum atomic E-state index is 0.187. The molecule has 0 saturated carbocycles. The minimum absolute atomic E-state index is 0.187. The summed E-state index contributed by atoms with van der Waals surface area (Å²) in [6.07, 6.45) is 1.48. The van der Waals surface area contributed by atoms with Crippen LogP contribution in [-0.2, 0) is 4.74 Å². The number of rotatable bonds is 7. The SMILES string of the molecule is CCNC(C(C)CC)C(OCC)C(C)(C)C. The molecule has 0 rings (SSSR count). The first kappa shape index (κ1) is 15.9. The summed E-state index contributed by atoms with van der Waals surface area (Å²) in [6.45, 7) is 17.4. The van der Waals surface area contributed by atoms with Crippen LogP contribution in [0.15, 0.2) is 0 Å². The molecule has 2 nitrogen and oxygen atoms in total. The summed E-state index contributed by atoms with van der Waals surface area (Å²) in [7, 11) is 0. The Hall–Kier alpha value is -0.0800. The smallest absolute Gasteiger partial charge is 0.0778 e. The second kappa shape index (κ2) is 7.29. The molecule has 0 amide bonds. The van der Waals surface area contributed by atoms with Gasteiger partial charge in [-0.15, -0.1) is 0 Å². The Morgan fingerprint density at radius 2 is 1.69 bits per heavy atom. The highest BCUT2D eigenvalue weighted by atomic mass is 16.5. The third-order valence-corrected chi connectivity index (χ3v) is 3.22. The molecule has 0 spiro atoms. The van der Waals surface area contributed by atoms with E-state index in [0.717, 1.165) is 13.2 Å². The maximum Gasteiger partial charge on any atom is 0.0778 e. The zero-order valence-corrected chi connectivity index (χ0v) is 12.3. The van der Waals surface area contributed by atoms with Gasteiger partial charge in [0.1, 0.15) is 0 Å². The van der Waals surface area contributed by atoms with Gasteiger partial charge in [0.05, 0.1) is 6.10 Å². The molecule has 0 fully saturated rings. The molecular weight excluding hydrogens is 198 g/mol. The quantitative estimate of drug-likeness (QED) is 0.722. The van der Waals surface area contributed by atoms with E-state index in [4.69, 9.17) is 4.74 Å². The van der Waals surface area contributed by atoms with E-state index in [9.17, 15) is 0 Å². The maximum absolute atomic E-state index is 5.98. The molecular formula is C14H31NO. The highest BCUT2D eigenvalue weighted by Gasteiger charge is 2.34. The van der Waals surface area contributed by atoms with Crippen molar-refractivity contribution in [3.8, 4) is 0 Å². The molecule has 0 aliphatic rings. The van der Waals surface area contributed by atoms with Crippen molar-refractivity contribution in [2.45, 2.75) is 67.0 Å². The summed E-state index contributed by atoms with van der Waals surface area (Å²) < 4.78 is 5.98. The highest BCUT2D eigenvalue weighted by molar-refractivity contribution is 4.89. The highest BCUT2D eigenvalue weighted by Crippen LogP contribution is 2.29. The summed E-state index contributed by atoms with van der Waals surface area (Å²) in [6, 6.07) is 0.454. The second-order valence-electron chi connectivity index (χ2n) is 5.71. The molecule has 0 bridgehead atoms. The Labute approximate surface area is 102 Å². The molecule has 0 heterocycles. The van der Waals surface area contributed by atoms with E-state index in [2.05, 4.69) is 53.8 Å². The normalized spacial score (nSPS) is 18.2. The van der Waals surface area contributed by atoms with E-state index in [1.54, 1.807) is 0 Å². The molecule has 3 atom stereocenters. The van der Waals surface area contributed by atoms with E-state index in [-0.39, 0.29) is 11.5 Å². The van der Waals surface area contributed by atoms with Gasteiger partial charge in [0.25, 0.3) is 0 Å². The summed E-state index contributed by atoms with van der Waals surface area (Å²) in [4.78, 5) is 0. The molecule has 0 aliphatic heterocycles. The van der Waals surface area contributed by atoms with Crippen LogP contribution in [0, 0.1) is 11.3 Å². The fraction of sp³-hybridized carbons (Fsp3) is 1.00. The van der Waals surface area contributed by atoms with Crippen molar-refractivity contribution in [1.82, 2.24) is 5.32 Å². The van der Waals surface area contributed by atoms with Crippen molar-refractivity contribution in [3.05, 3.63) is 0 Å². The summed E-state index contributed by atoms with van der Waals surface area (Å²) in [5.41, 5.74) is 0.187. The second-order valence-corrected chi connectivity index (χ2v) is 5.71.